The molecule has 1 aromatic carbocycles. The Kier molecular flexibility index (Phi) is 5.27. The minimum Gasteiger partial charge on any atom is -0.348 e. The molecule has 0 heterocycles. The molecule has 1 unspecified atom stereocenters. The van der Waals surface area contributed by atoms with Crippen molar-refractivity contribution in [3.63, 3.8) is 0 Å². The molecule has 1 fully saturated rings. The van der Waals surface area contributed by atoms with Crippen molar-refractivity contribution < 1.29 is 19.3 Å². The molecule has 118 valence electrons. The zero-order valence-electron chi connectivity index (χ0n) is 12.9. The summed E-state index contributed by atoms with van der Waals surface area (Å²) in [4.78, 5) is 36.0. The number of rotatable bonds is 7. The van der Waals surface area contributed by atoms with E-state index >= 15 is 0 Å². The van der Waals surface area contributed by atoms with E-state index in [2.05, 4.69) is 10.6 Å². The highest BCUT2D eigenvalue weighted by Crippen LogP contribution is 2.18. The Bertz CT molecular complexity index is 582. The van der Waals surface area contributed by atoms with Gasteiger partial charge in [0.15, 0.2) is 18.9 Å². The first-order chi connectivity index (χ1) is 10.5. The molecule has 6 heteroatoms. The molecule has 0 radical (unpaired) electrons. The molecule has 1 aliphatic rings. The van der Waals surface area contributed by atoms with Gasteiger partial charge < -0.3 is 15.5 Å². The van der Waals surface area contributed by atoms with E-state index in [0.29, 0.717) is 17.3 Å². The van der Waals surface area contributed by atoms with Gasteiger partial charge in [0.1, 0.15) is 0 Å². The fourth-order valence-corrected chi connectivity index (χ4v) is 2.21. The number of hydrogen-bond donors (Lipinski definition) is 3. The van der Waals surface area contributed by atoms with Gasteiger partial charge in [0, 0.05) is 11.6 Å². The lowest BCUT2D eigenvalue weighted by atomic mass is 10.1. The first kappa shape index (κ1) is 16.2. The van der Waals surface area contributed by atoms with Gasteiger partial charge in [0.2, 0.25) is 0 Å². The maximum Gasteiger partial charge on any atom is 0.279 e. The highest BCUT2D eigenvalue weighted by Gasteiger charge is 2.25. The number of anilines is 1. The van der Waals surface area contributed by atoms with E-state index in [1.165, 1.54) is 6.92 Å². The van der Waals surface area contributed by atoms with Crippen LogP contribution in [0, 0.1) is 0 Å². The molecule has 3 N–H and O–H groups in total. The summed E-state index contributed by atoms with van der Waals surface area (Å²) in [6, 6.07) is 7.23. The van der Waals surface area contributed by atoms with Crippen LogP contribution in [0.2, 0.25) is 0 Å². The molecule has 6 nitrogen and oxygen atoms in total. The third-order valence-corrected chi connectivity index (χ3v) is 3.45. The van der Waals surface area contributed by atoms with Gasteiger partial charge in [-0.3, -0.25) is 14.4 Å². The van der Waals surface area contributed by atoms with Crippen molar-refractivity contribution in [3.05, 3.63) is 29.8 Å². The van der Waals surface area contributed by atoms with Crippen molar-refractivity contribution in [3.8, 4) is 0 Å². The topological polar surface area (TPSA) is 79.7 Å². The van der Waals surface area contributed by atoms with Crippen LogP contribution in [0.3, 0.4) is 0 Å². The first-order valence-electron chi connectivity index (χ1n) is 7.46. The van der Waals surface area contributed by atoms with Crippen LogP contribution in [0.5, 0.6) is 0 Å². The number of carbonyl (C=O) groups excluding carboxylic acids is 3. The highest BCUT2D eigenvalue weighted by atomic mass is 16.2. The summed E-state index contributed by atoms with van der Waals surface area (Å²) in [6.45, 7) is 1.90. The number of benzene rings is 1. The molecule has 2 rings (SSSR count). The molecule has 0 bridgehead atoms. The number of ketones is 1. The van der Waals surface area contributed by atoms with E-state index in [0.717, 1.165) is 17.7 Å². The molecule has 2 amide bonds. The molecule has 0 saturated heterocycles. The average molecular weight is 304 g/mol. The number of hydrogen-bond acceptors (Lipinski definition) is 3. The quantitative estimate of drug-likeness (QED) is 0.601. The molecule has 0 aromatic heterocycles. The number of amides is 2. The Labute approximate surface area is 129 Å². The van der Waals surface area contributed by atoms with Gasteiger partial charge in [-0.05, 0) is 31.9 Å². The summed E-state index contributed by atoms with van der Waals surface area (Å²) in [5.41, 5.74) is 0.996. The Morgan fingerprint density at radius 2 is 1.77 bits per heavy atom. The van der Waals surface area contributed by atoms with Crippen molar-refractivity contribution in [1.29, 1.82) is 0 Å². The monoisotopic (exact) mass is 304 g/mol. The first-order valence-corrected chi connectivity index (χ1v) is 7.46. The Balaban J connectivity index is 1.84. The lowest BCUT2D eigenvalue weighted by molar-refractivity contribution is -0.862. The maximum atomic E-state index is 12.0. The lowest BCUT2D eigenvalue weighted by Gasteiger charge is -2.14. The van der Waals surface area contributed by atoms with E-state index < -0.39 is 0 Å². The zero-order chi connectivity index (χ0) is 16.1. The Morgan fingerprint density at radius 1 is 1.14 bits per heavy atom. The number of carbonyl (C=O) groups is 3. The van der Waals surface area contributed by atoms with Gasteiger partial charge in [-0.25, -0.2) is 0 Å². The highest BCUT2D eigenvalue weighted by molar-refractivity contribution is 6.03. The van der Waals surface area contributed by atoms with Crippen LogP contribution in [-0.4, -0.2) is 43.8 Å². The van der Waals surface area contributed by atoms with Gasteiger partial charge in [-0.1, -0.05) is 12.1 Å². The van der Waals surface area contributed by atoms with E-state index in [1.54, 1.807) is 31.3 Å². The van der Waals surface area contributed by atoms with Crippen LogP contribution in [0.4, 0.5) is 5.69 Å². The van der Waals surface area contributed by atoms with Gasteiger partial charge in [-0.2, -0.15) is 0 Å². The van der Waals surface area contributed by atoms with Gasteiger partial charge in [-0.15, -0.1) is 0 Å². The van der Waals surface area contributed by atoms with Gasteiger partial charge >= 0.3 is 0 Å². The van der Waals surface area contributed by atoms with E-state index in [4.69, 9.17) is 0 Å². The van der Waals surface area contributed by atoms with Crippen molar-refractivity contribution in [1.82, 2.24) is 5.32 Å². The second kappa shape index (κ2) is 7.17. The van der Waals surface area contributed by atoms with E-state index in [9.17, 15) is 14.4 Å². The number of likely N-dealkylation sites (N-methyl/N-ethyl adjacent to an activating group) is 1. The molecule has 0 spiro atoms. The molecule has 22 heavy (non-hydrogen) atoms. The summed E-state index contributed by atoms with van der Waals surface area (Å²) in [5.74, 6) is -0.345. The summed E-state index contributed by atoms with van der Waals surface area (Å²) in [6.07, 6.45) is 2.10. The van der Waals surface area contributed by atoms with Gasteiger partial charge in [0.05, 0.1) is 12.7 Å². The minimum absolute atomic E-state index is 0.0306. The molecular formula is C16H22N3O3+. The molecule has 1 aliphatic carbocycles. The summed E-state index contributed by atoms with van der Waals surface area (Å²) in [7, 11) is 1.79. The normalized spacial score (nSPS) is 15.0. The predicted octanol–water partition coefficient (Wildman–Crippen LogP) is -0.379. The molecule has 1 saturated carbocycles. The van der Waals surface area contributed by atoms with Crippen LogP contribution >= 0.6 is 0 Å². The van der Waals surface area contributed by atoms with Crippen molar-refractivity contribution in [2.75, 3.05) is 25.5 Å². The third kappa shape index (κ3) is 4.96. The fraction of sp³-hybridized carbons (Fsp3) is 0.438. The third-order valence-electron chi connectivity index (χ3n) is 3.45. The maximum absolute atomic E-state index is 12.0. The van der Waals surface area contributed by atoms with Crippen molar-refractivity contribution in [2.45, 2.75) is 25.8 Å². The standard InChI is InChI=1S/C16H21N3O3/c1-11(20)13-5-3-4-6-14(13)18-16(22)10-19(2)9-15(21)17-12-7-8-12/h3-6,12H,7-10H2,1-2H3,(H,17,21)(H,18,22)/p+1. The lowest BCUT2D eigenvalue weighted by Crippen LogP contribution is -3.11. The average Bonchev–Trinajstić information content (AvgIpc) is 3.22. The van der Waals surface area contributed by atoms with Gasteiger partial charge in [0.25, 0.3) is 11.8 Å². The fourth-order valence-electron chi connectivity index (χ4n) is 2.21. The number of quaternary nitrogens is 1. The minimum atomic E-state index is -0.217. The second-order valence-corrected chi connectivity index (χ2v) is 5.80. The summed E-state index contributed by atoms with van der Waals surface area (Å²) < 4.78 is 0. The van der Waals surface area contributed by atoms with Crippen molar-refractivity contribution >= 4 is 23.3 Å². The molecular weight excluding hydrogens is 282 g/mol. The van der Waals surface area contributed by atoms with E-state index in [1.807, 2.05) is 0 Å². The molecule has 0 aliphatic heterocycles. The predicted molar refractivity (Wildman–Crippen MR) is 82.9 cm³/mol. The largest absolute Gasteiger partial charge is 0.348 e. The molecule has 1 aromatic rings. The van der Waals surface area contributed by atoms with Crippen molar-refractivity contribution in [2.24, 2.45) is 0 Å². The summed E-state index contributed by atoms with van der Waals surface area (Å²) >= 11 is 0. The zero-order valence-corrected chi connectivity index (χ0v) is 12.9. The van der Waals surface area contributed by atoms with Crippen LogP contribution in [-0.2, 0) is 9.59 Å². The Hall–Kier alpha value is -2.21. The smallest absolute Gasteiger partial charge is 0.279 e. The van der Waals surface area contributed by atoms with Crippen LogP contribution in [0.25, 0.3) is 0 Å². The summed E-state index contributed by atoms with van der Waals surface area (Å²) in [5, 5.41) is 5.63. The number of nitrogens with one attached hydrogen (secondary N) is 3. The second-order valence-electron chi connectivity index (χ2n) is 5.80. The Morgan fingerprint density at radius 3 is 2.41 bits per heavy atom. The number of Topliss-reactive ketones (excluding diaryl/α,β-unsaturated/α-hetero) is 1. The van der Waals surface area contributed by atoms with E-state index in [-0.39, 0.29) is 30.7 Å². The number of para-hydroxylation sites is 1. The van der Waals surface area contributed by atoms with Crippen LogP contribution in [0.1, 0.15) is 30.1 Å². The SMILES string of the molecule is CC(=O)c1ccccc1NC(=O)C[NH+](C)CC(=O)NC1CC1. The molecule has 1 atom stereocenters. The van der Waals surface area contributed by atoms with Crippen LogP contribution in [0.15, 0.2) is 24.3 Å². The van der Waals surface area contributed by atoms with Crippen LogP contribution < -0.4 is 15.5 Å².